The first-order chi connectivity index (χ1) is 10.7. The van der Waals surface area contributed by atoms with E-state index in [9.17, 15) is 15.6 Å². The summed E-state index contributed by atoms with van der Waals surface area (Å²) < 4.78 is 0. The second kappa shape index (κ2) is 4.56. The SMILES string of the molecule is O/N=C1/C2CC3/C(=N/O)C(c4ccccc4)(C2)CC1/C3=N\O. The molecule has 0 heterocycles. The van der Waals surface area contributed by atoms with Crippen LogP contribution in [0.25, 0.3) is 0 Å². The molecule has 0 aliphatic heterocycles. The van der Waals surface area contributed by atoms with Crippen LogP contribution in [-0.2, 0) is 5.41 Å². The Kier molecular flexibility index (Phi) is 2.76. The Morgan fingerprint density at radius 2 is 1.59 bits per heavy atom. The first-order valence-electron chi connectivity index (χ1n) is 7.46. The molecule has 4 atom stereocenters. The average Bonchev–Trinajstić information content (AvgIpc) is 2.56. The third-order valence-electron chi connectivity index (χ3n) is 5.64. The third kappa shape index (κ3) is 1.47. The fourth-order valence-corrected chi connectivity index (χ4v) is 4.85. The Balaban J connectivity index is 1.92. The molecule has 0 saturated heterocycles. The molecule has 4 fully saturated rings. The molecule has 4 unspecified atom stereocenters. The van der Waals surface area contributed by atoms with E-state index < -0.39 is 0 Å². The molecule has 22 heavy (non-hydrogen) atoms. The summed E-state index contributed by atoms with van der Waals surface area (Å²) >= 11 is 0. The molecule has 6 nitrogen and oxygen atoms in total. The quantitative estimate of drug-likeness (QED) is 0.549. The van der Waals surface area contributed by atoms with E-state index >= 15 is 0 Å². The Morgan fingerprint density at radius 3 is 2.23 bits per heavy atom. The van der Waals surface area contributed by atoms with Crippen LogP contribution in [-0.4, -0.2) is 32.8 Å². The lowest BCUT2D eigenvalue weighted by atomic mass is 9.45. The maximum Gasteiger partial charge on any atom is 0.0765 e. The highest BCUT2D eigenvalue weighted by Gasteiger charge is 2.62. The van der Waals surface area contributed by atoms with Crippen molar-refractivity contribution in [2.45, 2.75) is 24.7 Å². The molecule has 3 N–H and O–H groups in total. The maximum atomic E-state index is 9.63. The van der Waals surface area contributed by atoms with Crippen LogP contribution in [0.5, 0.6) is 0 Å². The van der Waals surface area contributed by atoms with Gasteiger partial charge in [-0.15, -0.1) is 0 Å². The average molecular weight is 299 g/mol. The van der Waals surface area contributed by atoms with E-state index in [2.05, 4.69) is 15.5 Å². The van der Waals surface area contributed by atoms with Crippen molar-refractivity contribution in [1.29, 1.82) is 0 Å². The van der Waals surface area contributed by atoms with Crippen molar-refractivity contribution >= 4 is 17.1 Å². The minimum Gasteiger partial charge on any atom is -0.411 e. The van der Waals surface area contributed by atoms with Crippen LogP contribution in [0, 0.1) is 17.8 Å². The van der Waals surface area contributed by atoms with E-state index in [1.807, 2.05) is 30.3 Å². The lowest BCUT2D eigenvalue weighted by Crippen LogP contribution is -2.63. The summed E-state index contributed by atoms with van der Waals surface area (Å²) in [5.74, 6) is -0.235. The van der Waals surface area contributed by atoms with Crippen molar-refractivity contribution in [3.63, 3.8) is 0 Å². The van der Waals surface area contributed by atoms with E-state index in [0.717, 1.165) is 12.0 Å². The van der Waals surface area contributed by atoms with Crippen LogP contribution in [0.15, 0.2) is 45.8 Å². The van der Waals surface area contributed by atoms with Gasteiger partial charge in [0.1, 0.15) is 0 Å². The highest BCUT2D eigenvalue weighted by molar-refractivity contribution is 6.25. The van der Waals surface area contributed by atoms with Crippen molar-refractivity contribution in [3.8, 4) is 0 Å². The lowest BCUT2D eigenvalue weighted by Gasteiger charge is -2.56. The summed E-state index contributed by atoms with van der Waals surface area (Å²) in [6.07, 6.45) is 2.05. The highest BCUT2D eigenvalue weighted by Crippen LogP contribution is 2.57. The summed E-state index contributed by atoms with van der Waals surface area (Å²) in [6.45, 7) is 0. The third-order valence-corrected chi connectivity index (χ3v) is 5.64. The Bertz CT molecular complexity index is 694. The molecule has 1 aromatic rings. The largest absolute Gasteiger partial charge is 0.411 e. The van der Waals surface area contributed by atoms with E-state index in [1.165, 1.54) is 0 Å². The molecule has 0 amide bonds. The number of hydrogen-bond donors (Lipinski definition) is 3. The molecular formula is C16H17N3O3. The number of oxime groups is 3. The molecule has 4 bridgehead atoms. The maximum absolute atomic E-state index is 9.63. The first-order valence-corrected chi connectivity index (χ1v) is 7.46. The number of benzene rings is 1. The predicted octanol–water partition coefficient (Wildman–Crippen LogP) is 2.47. The number of nitrogens with zero attached hydrogens (tertiary/aromatic N) is 3. The Morgan fingerprint density at radius 1 is 0.864 bits per heavy atom. The molecule has 4 aliphatic rings. The van der Waals surface area contributed by atoms with Gasteiger partial charge in [-0.05, 0) is 24.8 Å². The summed E-state index contributed by atoms with van der Waals surface area (Å²) in [5, 5.41) is 38.9. The van der Waals surface area contributed by atoms with Crippen LogP contribution in [0.4, 0.5) is 0 Å². The standard InChI is InChI=1S/C16H17N3O3/c20-17-13-9-6-11-14(18-21)12(13)8-16(7-9,15(11)19-22)10-4-2-1-3-5-10/h1-5,9,11-12,20-22H,6-8H2/b17-13-,18-14-,19-15-. The molecule has 6 heteroatoms. The fourth-order valence-electron chi connectivity index (χ4n) is 4.85. The van der Waals surface area contributed by atoms with Crippen molar-refractivity contribution in [2.75, 3.05) is 0 Å². The summed E-state index contributed by atoms with van der Waals surface area (Å²) in [5.41, 5.74) is 2.68. The summed E-state index contributed by atoms with van der Waals surface area (Å²) in [6, 6.07) is 10.0. The van der Waals surface area contributed by atoms with Crippen molar-refractivity contribution in [3.05, 3.63) is 35.9 Å². The van der Waals surface area contributed by atoms with Crippen LogP contribution in [0.2, 0.25) is 0 Å². The molecule has 1 aromatic carbocycles. The van der Waals surface area contributed by atoms with Crippen LogP contribution >= 0.6 is 0 Å². The van der Waals surface area contributed by atoms with Gasteiger partial charge in [0, 0.05) is 23.2 Å². The van der Waals surface area contributed by atoms with Gasteiger partial charge in [-0.2, -0.15) is 0 Å². The van der Waals surface area contributed by atoms with Crippen molar-refractivity contribution in [2.24, 2.45) is 33.2 Å². The molecule has 5 rings (SSSR count). The van der Waals surface area contributed by atoms with E-state index in [-0.39, 0.29) is 23.2 Å². The minimum absolute atomic E-state index is 0.130. The van der Waals surface area contributed by atoms with Crippen LogP contribution in [0.3, 0.4) is 0 Å². The normalized spacial score (nSPS) is 41.6. The van der Waals surface area contributed by atoms with Gasteiger partial charge < -0.3 is 15.6 Å². The van der Waals surface area contributed by atoms with Gasteiger partial charge in [-0.25, -0.2) is 0 Å². The van der Waals surface area contributed by atoms with E-state index in [1.54, 1.807) is 0 Å². The Labute approximate surface area is 127 Å². The monoisotopic (exact) mass is 299 g/mol. The molecule has 4 aliphatic carbocycles. The second-order valence-corrected chi connectivity index (χ2v) is 6.43. The smallest absolute Gasteiger partial charge is 0.0765 e. The van der Waals surface area contributed by atoms with Gasteiger partial charge >= 0.3 is 0 Å². The highest BCUT2D eigenvalue weighted by atomic mass is 16.4. The van der Waals surface area contributed by atoms with Gasteiger partial charge in [-0.1, -0.05) is 45.8 Å². The molecule has 0 spiro atoms. The van der Waals surface area contributed by atoms with Gasteiger partial charge in [-0.3, -0.25) is 0 Å². The van der Waals surface area contributed by atoms with Crippen LogP contribution in [0.1, 0.15) is 24.8 Å². The number of hydrogen-bond acceptors (Lipinski definition) is 6. The Hall–Kier alpha value is -2.37. The number of rotatable bonds is 1. The van der Waals surface area contributed by atoms with Gasteiger partial charge in [0.15, 0.2) is 0 Å². The zero-order valence-electron chi connectivity index (χ0n) is 11.9. The van der Waals surface area contributed by atoms with Gasteiger partial charge in [0.2, 0.25) is 0 Å². The molecular weight excluding hydrogens is 282 g/mol. The fraction of sp³-hybridized carbons (Fsp3) is 0.438. The summed E-state index contributed by atoms with van der Waals surface area (Å²) in [7, 11) is 0. The zero-order chi connectivity index (χ0) is 15.3. The second-order valence-electron chi connectivity index (χ2n) is 6.43. The van der Waals surface area contributed by atoms with Crippen LogP contribution < -0.4 is 0 Å². The van der Waals surface area contributed by atoms with Crippen molar-refractivity contribution < 1.29 is 15.6 Å². The lowest BCUT2D eigenvalue weighted by molar-refractivity contribution is 0.231. The molecule has 0 radical (unpaired) electrons. The summed E-state index contributed by atoms with van der Waals surface area (Å²) in [4.78, 5) is 0. The van der Waals surface area contributed by atoms with Gasteiger partial charge in [0.05, 0.1) is 17.1 Å². The van der Waals surface area contributed by atoms with E-state index in [0.29, 0.717) is 30.0 Å². The zero-order valence-corrected chi connectivity index (χ0v) is 11.9. The molecule has 114 valence electrons. The predicted molar refractivity (Wildman–Crippen MR) is 80.1 cm³/mol. The van der Waals surface area contributed by atoms with Gasteiger partial charge in [0.25, 0.3) is 0 Å². The van der Waals surface area contributed by atoms with Crippen molar-refractivity contribution in [1.82, 2.24) is 0 Å². The molecule has 4 saturated carbocycles. The topological polar surface area (TPSA) is 97.8 Å². The minimum atomic E-state index is -0.364. The first kappa shape index (κ1) is 13.3. The van der Waals surface area contributed by atoms with E-state index in [4.69, 9.17) is 0 Å². The molecule has 0 aromatic heterocycles.